The minimum absolute atomic E-state index is 0.0312. The smallest absolute Gasteiger partial charge is 0.238 e. The lowest BCUT2D eigenvalue weighted by molar-refractivity contribution is 0.101. The number of ketones is 1. The molecule has 0 saturated carbocycles. The van der Waals surface area contributed by atoms with Gasteiger partial charge in [0, 0.05) is 10.9 Å². The molecule has 2 aromatic heterocycles. The van der Waals surface area contributed by atoms with Crippen molar-refractivity contribution in [3.63, 3.8) is 0 Å². The molecule has 3 heteroatoms. The van der Waals surface area contributed by atoms with Crippen molar-refractivity contribution in [1.82, 2.24) is 0 Å². The molecule has 0 saturated heterocycles. The van der Waals surface area contributed by atoms with Crippen molar-refractivity contribution in [2.75, 3.05) is 0 Å². The van der Waals surface area contributed by atoms with E-state index in [0.29, 0.717) is 10.6 Å². The number of rotatable bonds is 2. The third-order valence-corrected chi connectivity index (χ3v) is 3.91. The van der Waals surface area contributed by atoms with E-state index in [-0.39, 0.29) is 5.78 Å². The molecule has 3 aromatic rings. The van der Waals surface area contributed by atoms with Crippen molar-refractivity contribution in [3.05, 3.63) is 57.5 Å². The molecule has 0 fully saturated rings. The first-order chi connectivity index (χ1) is 8.66. The molecule has 2 heterocycles. The maximum Gasteiger partial charge on any atom is 0.238 e. The molecule has 1 aromatic carbocycles. The largest absolute Gasteiger partial charge is 0.452 e. The highest BCUT2D eigenvalue weighted by Gasteiger charge is 2.19. The Morgan fingerprint density at radius 2 is 2.06 bits per heavy atom. The standard InChI is InChI=1S/C15H12O2S/c1-9-5-6-11-10(2)15(17-12(11)8-9)14(16)13-4-3-7-18-13/h3-8H,1-2H3. The zero-order chi connectivity index (χ0) is 12.7. The summed E-state index contributed by atoms with van der Waals surface area (Å²) < 4.78 is 5.72. The minimum Gasteiger partial charge on any atom is -0.452 e. The molecular weight excluding hydrogens is 244 g/mol. The maximum absolute atomic E-state index is 12.3. The summed E-state index contributed by atoms with van der Waals surface area (Å²) in [5, 5.41) is 2.91. The topological polar surface area (TPSA) is 30.2 Å². The van der Waals surface area contributed by atoms with E-state index >= 15 is 0 Å². The van der Waals surface area contributed by atoms with Crippen molar-refractivity contribution in [1.29, 1.82) is 0 Å². The lowest BCUT2D eigenvalue weighted by atomic mass is 10.1. The summed E-state index contributed by atoms with van der Waals surface area (Å²) in [6.45, 7) is 3.94. The van der Waals surface area contributed by atoms with Crippen molar-refractivity contribution in [2.45, 2.75) is 13.8 Å². The number of fused-ring (bicyclic) bond motifs is 1. The van der Waals surface area contributed by atoms with Crippen molar-refractivity contribution < 1.29 is 9.21 Å². The van der Waals surface area contributed by atoms with Crippen LogP contribution in [0.4, 0.5) is 0 Å². The minimum atomic E-state index is -0.0312. The van der Waals surface area contributed by atoms with E-state index in [1.54, 1.807) is 0 Å². The summed E-state index contributed by atoms with van der Waals surface area (Å²) in [7, 11) is 0. The quantitative estimate of drug-likeness (QED) is 0.638. The molecule has 0 aliphatic heterocycles. The number of carbonyl (C=O) groups is 1. The lowest BCUT2D eigenvalue weighted by Gasteiger charge is -1.94. The number of carbonyl (C=O) groups excluding carboxylic acids is 1. The highest BCUT2D eigenvalue weighted by Crippen LogP contribution is 2.28. The molecule has 0 amide bonds. The van der Waals surface area contributed by atoms with E-state index in [9.17, 15) is 4.79 Å². The van der Waals surface area contributed by atoms with Crippen LogP contribution >= 0.6 is 11.3 Å². The Bertz CT molecular complexity index is 720. The second kappa shape index (κ2) is 4.10. The van der Waals surface area contributed by atoms with Gasteiger partial charge in [-0.05, 0) is 36.9 Å². The van der Waals surface area contributed by atoms with E-state index in [0.717, 1.165) is 22.1 Å². The molecule has 90 valence electrons. The van der Waals surface area contributed by atoms with Crippen molar-refractivity contribution >= 4 is 28.1 Å². The zero-order valence-electron chi connectivity index (χ0n) is 10.2. The molecule has 3 rings (SSSR count). The Morgan fingerprint density at radius 1 is 1.22 bits per heavy atom. The van der Waals surface area contributed by atoms with Crippen LogP contribution in [0.5, 0.6) is 0 Å². The van der Waals surface area contributed by atoms with Gasteiger partial charge in [-0.15, -0.1) is 11.3 Å². The fourth-order valence-corrected chi connectivity index (χ4v) is 2.73. The van der Waals surface area contributed by atoms with Crippen LogP contribution in [0.15, 0.2) is 40.1 Å². The van der Waals surface area contributed by atoms with Crippen LogP contribution in [0.1, 0.15) is 26.6 Å². The Kier molecular flexibility index (Phi) is 2.56. The highest BCUT2D eigenvalue weighted by atomic mass is 32.1. The van der Waals surface area contributed by atoms with Crippen LogP contribution in [0, 0.1) is 13.8 Å². The van der Waals surface area contributed by atoms with Gasteiger partial charge in [-0.1, -0.05) is 18.2 Å². The molecule has 18 heavy (non-hydrogen) atoms. The Hall–Kier alpha value is -1.87. The average molecular weight is 256 g/mol. The van der Waals surface area contributed by atoms with Gasteiger partial charge in [-0.2, -0.15) is 0 Å². The second-order valence-electron chi connectivity index (χ2n) is 4.36. The monoisotopic (exact) mass is 256 g/mol. The van der Waals surface area contributed by atoms with Crippen LogP contribution in [0.2, 0.25) is 0 Å². The lowest BCUT2D eigenvalue weighted by Crippen LogP contribution is -1.98. The fourth-order valence-electron chi connectivity index (χ4n) is 2.07. The molecule has 0 aliphatic rings. The van der Waals surface area contributed by atoms with Crippen molar-refractivity contribution in [3.8, 4) is 0 Å². The first-order valence-corrected chi connectivity index (χ1v) is 6.63. The van der Waals surface area contributed by atoms with Crippen LogP contribution in [0.25, 0.3) is 11.0 Å². The van der Waals surface area contributed by atoms with Gasteiger partial charge >= 0.3 is 0 Å². The van der Waals surface area contributed by atoms with Gasteiger partial charge in [-0.3, -0.25) is 4.79 Å². The molecule has 0 aliphatic carbocycles. The molecule has 0 spiro atoms. The third-order valence-electron chi connectivity index (χ3n) is 3.04. The van der Waals surface area contributed by atoms with Crippen molar-refractivity contribution in [2.24, 2.45) is 0 Å². The number of furan rings is 1. The molecule has 0 N–H and O–H groups in total. The number of benzene rings is 1. The number of aryl methyl sites for hydroxylation is 2. The maximum atomic E-state index is 12.3. The molecule has 0 atom stereocenters. The van der Waals surface area contributed by atoms with Gasteiger partial charge in [0.15, 0.2) is 5.76 Å². The summed E-state index contributed by atoms with van der Waals surface area (Å²) >= 11 is 1.44. The van der Waals surface area contributed by atoms with Gasteiger partial charge < -0.3 is 4.42 Å². The second-order valence-corrected chi connectivity index (χ2v) is 5.31. The van der Waals surface area contributed by atoms with E-state index in [2.05, 4.69) is 0 Å². The fraction of sp³-hybridized carbons (Fsp3) is 0.133. The van der Waals surface area contributed by atoms with E-state index in [1.807, 2.05) is 49.6 Å². The first kappa shape index (κ1) is 11.2. The van der Waals surface area contributed by atoms with Crippen LogP contribution < -0.4 is 0 Å². The average Bonchev–Trinajstić information content (AvgIpc) is 2.97. The van der Waals surface area contributed by atoms with E-state index in [4.69, 9.17) is 4.42 Å². The van der Waals surface area contributed by atoms with Gasteiger partial charge in [0.25, 0.3) is 0 Å². The van der Waals surface area contributed by atoms with Gasteiger partial charge in [-0.25, -0.2) is 0 Å². The predicted octanol–water partition coefficient (Wildman–Crippen LogP) is 4.34. The van der Waals surface area contributed by atoms with Gasteiger partial charge in [0.1, 0.15) is 5.58 Å². The van der Waals surface area contributed by atoms with Crippen LogP contribution in [-0.2, 0) is 0 Å². The number of hydrogen-bond acceptors (Lipinski definition) is 3. The highest BCUT2D eigenvalue weighted by molar-refractivity contribution is 7.12. The predicted molar refractivity (Wildman–Crippen MR) is 73.4 cm³/mol. The molecule has 0 bridgehead atoms. The van der Waals surface area contributed by atoms with Crippen LogP contribution in [0.3, 0.4) is 0 Å². The summed E-state index contributed by atoms with van der Waals surface area (Å²) in [5.74, 6) is 0.425. The summed E-state index contributed by atoms with van der Waals surface area (Å²) in [4.78, 5) is 13.0. The first-order valence-electron chi connectivity index (χ1n) is 5.75. The molecule has 2 nitrogen and oxygen atoms in total. The third kappa shape index (κ3) is 1.68. The zero-order valence-corrected chi connectivity index (χ0v) is 11.0. The van der Waals surface area contributed by atoms with E-state index in [1.165, 1.54) is 11.3 Å². The van der Waals surface area contributed by atoms with E-state index < -0.39 is 0 Å². The Balaban J connectivity index is 2.18. The summed E-state index contributed by atoms with van der Waals surface area (Å²) in [5.41, 5.74) is 2.84. The number of thiophene rings is 1. The molecule has 0 radical (unpaired) electrons. The van der Waals surface area contributed by atoms with Gasteiger partial charge in [0.05, 0.1) is 4.88 Å². The van der Waals surface area contributed by atoms with Gasteiger partial charge in [0.2, 0.25) is 5.78 Å². The summed E-state index contributed by atoms with van der Waals surface area (Å²) in [6.07, 6.45) is 0. The van der Waals surface area contributed by atoms with Crippen LogP contribution in [-0.4, -0.2) is 5.78 Å². The normalized spacial score (nSPS) is 11.0. The Morgan fingerprint density at radius 3 is 2.78 bits per heavy atom. The number of hydrogen-bond donors (Lipinski definition) is 0. The molecular formula is C15H12O2S. The Labute approximate surface area is 109 Å². The summed E-state index contributed by atoms with van der Waals surface area (Å²) in [6, 6.07) is 9.71. The SMILES string of the molecule is Cc1ccc2c(C)c(C(=O)c3cccs3)oc2c1. The molecule has 0 unspecified atom stereocenters.